The lowest BCUT2D eigenvalue weighted by molar-refractivity contribution is -0.138. The third-order valence-corrected chi connectivity index (χ3v) is 3.60. The number of nitrogens with zero attached hydrogens (tertiary/aromatic N) is 3. The summed E-state index contributed by atoms with van der Waals surface area (Å²) in [6.45, 7) is 2.59. The monoisotopic (exact) mass is 387 g/mol. The molecule has 0 fully saturated rings. The molecule has 138 valence electrons. The van der Waals surface area contributed by atoms with Gasteiger partial charge in [-0.05, 0) is 24.3 Å². The number of hydrogen-bond donors (Lipinski definition) is 1. The Morgan fingerprint density at radius 2 is 1.92 bits per heavy atom. The molecule has 1 heterocycles. The van der Waals surface area contributed by atoms with E-state index < -0.39 is 37.2 Å². The van der Waals surface area contributed by atoms with Crippen LogP contribution in [0.2, 0.25) is 5.02 Å². The Balaban J connectivity index is 2.59. The Hall–Kier alpha value is -2.77. The molecule has 2 rings (SSSR count). The van der Waals surface area contributed by atoms with Crippen molar-refractivity contribution in [3.63, 3.8) is 0 Å². The summed E-state index contributed by atoms with van der Waals surface area (Å²) < 4.78 is 39.2. The first-order valence-electron chi connectivity index (χ1n) is 7.26. The fourth-order valence-corrected chi connectivity index (χ4v) is 2.33. The molecule has 0 unspecified atom stereocenters. The standard InChI is InChI=1S/C16H13ClF3N3O3/c1-2-12(7-8-16(18,19)20)23-14(10-3-5-11(17)6-4-10)21-22(15(23)26)9-13(24)25/h3-6H,1,7-9H2,(H,24,25). The summed E-state index contributed by atoms with van der Waals surface area (Å²) in [6, 6.07) is 6.04. The molecular formula is C16H13ClF3N3O3. The van der Waals surface area contributed by atoms with E-state index in [1.165, 1.54) is 24.3 Å². The highest BCUT2D eigenvalue weighted by Crippen LogP contribution is 2.27. The quantitative estimate of drug-likeness (QED) is 0.770. The number of rotatable bonds is 6. The van der Waals surface area contributed by atoms with Gasteiger partial charge in [-0.2, -0.15) is 13.2 Å². The van der Waals surface area contributed by atoms with Crippen molar-refractivity contribution in [2.45, 2.75) is 25.6 Å². The summed E-state index contributed by atoms with van der Waals surface area (Å²) in [5, 5.41) is 13.2. The number of carboxylic acid groups (broad SMARTS) is 1. The molecule has 0 spiro atoms. The first-order valence-corrected chi connectivity index (χ1v) is 7.64. The van der Waals surface area contributed by atoms with Gasteiger partial charge in [0, 0.05) is 23.4 Å². The zero-order chi connectivity index (χ0) is 19.5. The van der Waals surface area contributed by atoms with Gasteiger partial charge in [0.15, 0.2) is 5.82 Å². The van der Waals surface area contributed by atoms with Crippen LogP contribution in [0.3, 0.4) is 0 Å². The number of allylic oxidation sites excluding steroid dienone is 1. The van der Waals surface area contributed by atoms with Crippen LogP contribution in [-0.2, 0) is 11.3 Å². The number of aromatic nitrogens is 3. The van der Waals surface area contributed by atoms with Crippen molar-refractivity contribution in [2.24, 2.45) is 0 Å². The van der Waals surface area contributed by atoms with E-state index >= 15 is 0 Å². The fraction of sp³-hybridized carbons (Fsp3) is 0.250. The van der Waals surface area contributed by atoms with Crippen molar-refractivity contribution >= 4 is 23.3 Å². The van der Waals surface area contributed by atoms with Gasteiger partial charge in [0.1, 0.15) is 6.54 Å². The average molecular weight is 388 g/mol. The number of carboxylic acids is 1. The van der Waals surface area contributed by atoms with E-state index in [1.54, 1.807) is 0 Å². The highest BCUT2D eigenvalue weighted by molar-refractivity contribution is 6.30. The lowest BCUT2D eigenvalue weighted by Gasteiger charge is -2.10. The Morgan fingerprint density at radius 3 is 2.42 bits per heavy atom. The third-order valence-electron chi connectivity index (χ3n) is 3.35. The van der Waals surface area contributed by atoms with Gasteiger partial charge in [-0.3, -0.25) is 4.79 Å². The summed E-state index contributed by atoms with van der Waals surface area (Å²) >= 11 is 5.81. The molecule has 0 saturated carbocycles. The Labute approximate surface area is 150 Å². The fourth-order valence-electron chi connectivity index (χ4n) is 2.21. The minimum absolute atomic E-state index is 0.0266. The second-order valence-corrected chi connectivity index (χ2v) is 5.67. The lowest BCUT2D eigenvalue weighted by Crippen LogP contribution is -2.27. The molecule has 10 heteroatoms. The van der Waals surface area contributed by atoms with Crippen LogP contribution in [-0.4, -0.2) is 31.6 Å². The molecule has 26 heavy (non-hydrogen) atoms. The highest BCUT2D eigenvalue weighted by Gasteiger charge is 2.28. The first kappa shape index (κ1) is 19.6. The van der Waals surface area contributed by atoms with Gasteiger partial charge in [0.25, 0.3) is 0 Å². The smallest absolute Gasteiger partial charge is 0.389 e. The van der Waals surface area contributed by atoms with E-state index in [-0.39, 0.29) is 11.5 Å². The zero-order valence-electron chi connectivity index (χ0n) is 13.3. The van der Waals surface area contributed by atoms with Crippen LogP contribution >= 0.6 is 11.6 Å². The summed E-state index contributed by atoms with van der Waals surface area (Å²) in [5.74, 6) is -1.35. The number of benzene rings is 1. The maximum absolute atomic E-state index is 12.6. The topological polar surface area (TPSA) is 77.1 Å². The predicted molar refractivity (Wildman–Crippen MR) is 88.7 cm³/mol. The van der Waals surface area contributed by atoms with E-state index in [9.17, 15) is 22.8 Å². The molecule has 0 aliphatic rings. The van der Waals surface area contributed by atoms with Crippen molar-refractivity contribution in [2.75, 3.05) is 0 Å². The molecule has 1 aromatic heterocycles. The SMILES string of the molecule is C=C=C(CCC(F)(F)F)n1c(-c2ccc(Cl)cc2)nn(CC(=O)O)c1=O. The number of halogens is 4. The second kappa shape index (κ2) is 7.63. The molecule has 0 aliphatic heterocycles. The zero-order valence-corrected chi connectivity index (χ0v) is 14.0. The van der Waals surface area contributed by atoms with E-state index in [0.717, 1.165) is 4.57 Å². The maximum atomic E-state index is 12.6. The molecule has 0 saturated heterocycles. The summed E-state index contributed by atoms with van der Waals surface area (Å²) in [5.41, 5.74) is 1.64. The number of aliphatic carboxylic acids is 1. The van der Waals surface area contributed by atoms with Gasteiger partial charge < -0.3 is 5.11 Å². The molecule has 0 bridgehead atoms. The van der Waals surface area contributed by atoms with Crippen molar-refractivity contribution < 1.29 is 23.1 Å². The number of carbonyl (C=O) groups is 1. The van der Waals surface area contributed by atoms with Crippen LogP contribution in [0.25, 0.3) is 17.1 Å². The third kappa shape index (κ3) is 4.65. The first-order chi connectivity index (χ1) is 12.1. The number of hydrogen-bond acceptors (Lipinski definition) is 3. The van der Waals surface area contributed by atoms with Gasteiger partial charge in [0.05, 0.1) is 5.70 Å². The second-order valence-electron chi connectivity index (χ2n) is 5.24. The maximum Gasteiger partial charge on any atom is 0.389 e. The van der Waals surface area contributed by atoms with Gasteiger partial charge in [-0.15, -0.1) is 10.8 Å². The van der Waals surface area contributed by atoms with Crippen molar-refractivity contribution in [1.29, 1.82) is 0 Å². The largest absolute Gasteiger partial charge is 0.480 e. The Morgan fingerprint density at radius 1 is 1.31 bits per heavy atom. The Bertz CT molecular complexity index is 923. The van der Waals surface area contributed by atoms with Crippen LogP contribution in [0.4, 0.5) is 13.2 Å². The summed E-state index contributed by atoms with van der Waals surface area (Å²) in [7, 11) is 0. The molecule has 1 N–H and O–H groups in total. The highest BCUT2D eigenvalue weighted by atomic mass is 35.5. The average Bonchev–Trinajstić information content (AvgIpc) is 2.84. The summed E-state index contributed by atoms with van der Waals surface area (Å²) in [4.78, 5) is 23.4. The molecule has 1 aromatic carbocycles. The van der Waals surface area contributed by atoms with Crippen molar-refractivity contribution in [1.82, 2.24) is 14.3 Å². The molecule has 0 amide bonds. The minimum Gasteiger partial charge on any atom is -0.480 e. The van der Waals surface area contributed by atoms with E-state index in [4.69, 9.17) is 16.7 Å². The van der Waals surface area contributed by atoms with Gasteiger partial charge in [-0.1, -0.05) is 18.2 Å². The molecule has 2 aromatic rings. The lowest BCUT2D eigenvalue weighted by atomic mass is 10.2. The minimum atomic E-state index is -4.44. The van der Waals surface area contributed by atoms with Crippen LogP contribution < -0.4 is 5.69 Å². The molecular weight excluding hydrogens is 375 g/mol. The van der Waals surface area contributed by atoms with Crippen molar-refractivity contribution in [3.8, 4) is 11.4 Å². The molecule has 0 aliphatic carbocycles. The predicted octanol–water partition coefficient (Wildman–Crippen LogP) is 3.42. The molecule has 0 atom stereocenters. The molecule has 6 nitrogen and oxygen atoms in total. The van der Waals surface area contributed by atoms with Crippen LogP contribution in [0.5, 0.6) is 0 Å². The Kier molecular flexibility index (Phi) is 5.74. The molecule has 0 radical (unpaired) electrons. The summed E-state index contributed by atoms with van der Waals surface area (Å²) in [6.07, 6.45) is -6.20. The van der Waals surface area contributed by atoms with Gasteiger partial charge in [-0.25, -0.2) is 14.0 Å². The number of alkyl halides is 3. The van der Waals surface area contributed by atoms with Crippen molar-refractivity contribution in [3.05, 3.63) is 52.1 Å². The van der Waals surface area contributed by atoms with Crippen LogP contribution in [0, 0.1) is 0 Å². The van der Waals surface area contributed by atoms with Gasteiger partial charge >= 0.3 is 17.8 Å². The van der Waals surface area contributed by atoms with Crippen LogP contribution in [0.1, 0.15) is 12.8 Å². The van der Waals surface area contributed by atoms with Crippen LogP contribution in [0.15, 0.2) is 41.4 Å². The van der Waals surface area contributed by atoms with E-state index in [1.807, 2.05) is 0 Å². The van der Waals surface area contributed by atoms with E-state index in [2.05, 4.69) is 17.4 Å². The normalized spacial score (nSPS) is 11.2. The van der Waals surface area contributed by atoms with Gasteiger partial charge in [0.2, 0.25) is 0 Å². The van der Waals surface area contributed by atoms with E-state index in [0.29, 0.717) is 15.3 Å².